The minimum absolute atomic E-state index is 0.146. The van der Waals surface area contributed by atoms with E-state index in [1.807, 2.05) is 0 Å². The summed E-state index contributed by atoms with van der Waals surface area (Å²) in [6, 6.07) is 5.63. The molecule has 1 aromatic heterocycles. The number of hydrogen-bond acceptors (Lipinski definition) is 4. The summed E-state index contributed by atoms with van der Waals surface area (Å²) < 4.78 is 18.7. The largest absolute Gasteiger partial charge is 0.356 e. The molecule has 2 aromatic rings. The van der Waals surface area contributed by atoms with E-state index in [-0.39, 0.29) is 11.8 Å². The van der Waals surface area contributed by atoms with Crippen LogP contribution in [0.1, 0.15) is 63.0 Å². The molecule has 1 N–H and O–H groups in total. The Morgan fingerprint density at radius 2 is 1.90 bits per heavy atom. The van der Waals surface area contributed by atoms with E-state index in [2.05, 4.69) is 20.3 Å². The molecule has 162 valence electrons. The van der Waals surface area contributed by atoms with E-state index in [9.17, 15) is 9.18 Å². The highest BCUT2D eigenvalue weighted by atomic mass is 19.1. The molecule has 1 aliphatic carbocycles. The van der Waals surface area contributed by atoms with Gasteiger partial charge in [0.25, 0.3) is 0 Å². The molecule has 7 heteroatoms. The monoisotopic (exact) mass is 414 g/mol. The third-order valence-electron chi connectivity index (χ3n) is 7.26. The maximum atomic E-state index is 13.4. The number of halogens is 1. The van der Waals surface area contributed by atoms with E-state index in [0.29, 0.717) is 23.6 Å². The molecule has 2 unspecified atom stereocenters. The van der Waals surface area contributed by atoms with Crippen molar-refractivity contribution in [3.05, 3.63) is 29.7 Å². The van der Waals surface area contributed by atoms with Gasteiger partial charge in [0.2, 0.25) is 0 Å². The zero-order valence-electron chi connectivity index (χ0n) is 17.5. The average Bonchev–Trinajstić information content (AvgIpc) is 3.31. The number of fused-ring (bicyclic) bond motifs is 2. The number of carbonyl (C=O) groups is 1. The lowest BCUT2D eigenvalue weighted by Gasteiger charge is -2.32. The van der Waals surface area contributed by atoms with Crippen molar-refractivity contribution >= 4 is 17.0 Å². The first-order chi connectivity index (χ1) is 14.7. The van der Waals surface area contributed by atoms with Crippen molar-refractivity contribution in [1.29, 1.82) is 0 Å². The second-order valence-corrected chi connectivity index (χ2v) is 9.13. The number of rotatable bonds is 6. The molecule has 2 saturated heterocycles. The molecule has 0 radical (unpaired) electrons. The zero-order chi connectivity index (χ0) is 20.5. The highest BCUT2D eigenvalue weighted by Gasteiger charge is 2.39. The molecule has 30 heavy (non-hydrogen) atoms. The van der Waals surface area contributed by atoms with Crippen molar-refractivity contribution in [2.24, 2.45) is 0 Å². The van der Waals surface area contributed by atoms with Crippen LogP contribution >= 0.6 is 0 Å². The molecule has 3 fully saturated rings. The van der Waals surface area contributed by atoms with Crippen LogP contribution in [-0.2, 0) is 0 Å². The van der Waals surface area contributed by atoms with Gasteiger partial charge in [0.1, 0.15) is 5.82 Å². The zero-order valence-corrected chi connectivity index (χ0v) is 17.5. The van der Waals surface area contributed by atoms with Gasteiger partial charge >= 0.3 is 6.03 Å². The van der Waals surface area contributed by atoms with Crippen LogP contribution in [0, 0.1) is 5.82 Å². The van der Waals surface area contributed by atoms with Crippen molar-refractivity contribution in [1.82, 2.24) is 20.3 Å². The van der Waals surface area contributed by atoms with Gasteiger partial charge in [-0.3, -0.25) is 0 Å². The number of benzene rings is 1. The standard InChI is InChI=1S/C23H31FN4O2/c24-17-7-8-18-21(15-17)30-26-22(18)16-9-13-27(14-10-16)11-3-4-12-28-20-6-2-1-5-19(20)25-23(28)29/h7-8,15-16,19-20H,1-6,9-14H2,(H,25,29). The summed E-state index contributed by atoms with van der Waals surface area (Å²) in [5.74, 6) is 0.0925. The number of carbonyl (C=O) groups excluding carboxylic acids is 1. The van der Waals surface area contributed by atoms with Crippen molar-refractivity contribution in [2.45, 2.75) is 69.4 Å². The highest BCUT2D eigenvalue weighted by Crippen LogP contribution is 2.33. The lowest BCUT2D eigenvalue weighted by Crippen LogP contribution is -2.39. The second-order valence-electron chi connectivity index (χ2n) is 9.13. The molecular weight excluding hydrogens is 383 g/mol. The lowest BCUT2D eigenvalue weighted by atomic mass is 9.91. The number of aromatic nitrogens is 1. The molecule has 2 atom stereocenters. The summed E-state index contributed by atoms with van der Waals surface area (Å²) in [5, 5.41) is 8.36. The average molecular weight is 415 g/mol. The van der Waals surface area contributed by atoms with Crippen LogP contribution in [-0.4, -0.2) is 59.3 Å². The smallest absolute Gasteiger partial charge is 0.318 e. The summed E-state index contributed by atoms with van der Waals surface area (Å²) in [5.41, 5.74) is 1.52. The van der Waals surface area contributed by atoms with Gasteiger partial charge in [0.15, 0.2) is 5.58 Å². The van der Waals surface area contributed by atoms with Crippen LogP contribution in [0.5, 0.6) is 0 Å². The Bertz CT molecular complexity index is 892. The SMILES string of the molecule is O=C1NC2CCCCC2N1CCCCN1CCC(c2noc3cc(F)ccc23)CC1. The minimum atomic E-state index is -0.287. The van der Waals surface area contributed by atoms with Gasteiger partial charge in [-0.25, -0.2) is 9.18 Å². The maximum Gasteiger partial charge on any atom is 0.318 e. The maximum absolute atomic E-state index is 13.4. The number of likely N-dealkylation sites (tertiary alicyclic amines) is 1. The third kappa shape index (κ3) is 3.92. The Kier molecular flexibility index (Phi) is 5.63. The first-order valence-corrected chi connectivity index (χ1v) is 11.5. The van der Waals surface area contributed by atoms with Crippen LogP contribution in [0.25, 0.3) is 11.0 Å². The molecule has 3 aliphatic rings. The summed E-state index contributed by atoms with van der Waals surface area (Å²) in [6.07, 6.45) is 9.07. The summed E-state index contributed by atoms with van der Waals surface area (Å²) in [7, 11) is 0. The fourth-order valence-electron chi connectivity index (χ4n) is 5.59. The molecule has 1 aromatic carbocycles. The highest BCUT2D eigenvalue weighted by molar-refractivity contribution is 5.80. The molecule has 5 rings (SSSR count). The quantitative estimate of drug-likeness (QED) is 0.718. The van der Waals surface area contributed by atoms with Crippen LogP contribution in [0.4, 0.5) is 9.18 Å². The third-order valence-corrected chi connectivity index (χ3v) is 7.26. The first-order valence-electron chi connectivity index (χ1n) is 11.5. The van der Waals surface area contributed by atoms with Gasteiger partial charge < -0.3 is 19.6 Å². The van der Waals surface area contributed by atoms with Crippen LogP contribution in [0.2, 0.25) is 0 Å². The minimum Gasteiger partial charge on any atom is -0.356 e. The summed E-state index contributed by atoms with van der Waals surface area (Å²) >= 11 is 0. The fraction of sp³-hybridized carbons (Fsp3) is 0.652. The molecule has 6 nitrogen and oxygen atoms in total. The van der Waals surface area contributed by atoms with E-state index in [1.54, 1.807) is 6.07 Å². The fourth-order valence-corrected chi connectivity index (χ4v) is 5.59. The van der Waals surface area contributed by atoms with Crippen molar-refractivity contribution in [3.8, 4) is 0 Å². The molecule has 1 saturated carbocycles. The molecule has 2 amide bonds. The molecule has 0 bridgehead atoms. The number of unbranched alkanes of at least 4 members (excludes halogenated alkanes) is 1. The Morgan fingerprint density at radius 1 is 1.10 bits per heavy atom. The van der Waals surface area contributed by atoms with Gasteiger partial charge in [-0.15, -0.1) is 0 Å². The van der Waals surface area contributed by atoms with Crippen molar-refractivity contribution < 1.29 is 13.7 Å². The summed E-state index contributed by atoms with van der Waals surface area (Å²) in [6.45, 7) is 4.07. The molecule has 3 heterocycles. The Balaban J connectivity index is 1.06. The number of piperidine rings is 1. The van der Waals surface area contributed by atoms with Crippen LogP contribution in [0.15, 0.2) is 22.7 Å². The van der Waals surface area contributed by atoms with Gasteiger partial charge in [-0.1, -0.05) is 18.0 Å². The van der Waals surface area contributed by atoms with E-state index in [4.69, 9.17) is 4.52 Å². The van der Waals surface area contributed by atoms with Gasteiger partial charge in [0, 0.05) is 23.9 Å². The van der Waals surface area contributed by atoms with E-state index in [0.717, 1.165) is 75.8 Å². The van der Waals surface area contributed by atoms with E-state index in [1.165, 1.54) is 25.0 Å². The number of hydrogen-bond donors (Lipinski definition) is 1. The predicted octanol–water partition coefficient (Wildman–Crippen LogP) is 4.26. The first kappa shape index (κ1) is 19.8. The number of nitrogens with one attached hydrogen (secondary N) is 1. The number of urea groups is 1. The molecule has 0 spiro atoms. The van der Waals surface area contributed by atoms with Gasteiger partial charge in [-0.2, -0.15) is 0 Å². The Labute approximate surface area is 176 Å². The van der Waals surface area contributed by atoms with Crippen LogP contribution < -0.4 is 5.32 Å². The van der Waals surface area contributed by atoms with Gasteiger partial charge in [0.05, 0.1) is 17.8 Å². The van der Waals surface area contributed by atoms with Crippen LogP contribution in [0.3, 0.4) is 0 Å². The predicted molar refractivity (Wildman–Crippen MR) is 113 cm³/mol. The molecule has 2 aliphatic heterocycles. The van der Waals surface area contributed by atoms with E-state index < -0.39 is 0 Å². The normalized spacial score (nSPS) is 25.6. The Morgan fingerprint density at radius 3 is 2.77 bits per heavy atom. The Hall–Kier alpha value is -2.15. The van der Waals surface area contributed by atoms with Crippen molar-refractivity contribution in [3.63, 3.8) is 0 Å². The topological polar surface area (TPSA) is 61.6 Å². The second kappa shape index (κ2) is 8.53. The summed E-state index contributed by atoms with van der Waals surface area (Å²) in [4.78, 5) is 16.9. The lowest BCUT2D eigenvalue weighted by molar-refractivity contribution is 0.180. The number of amides is 2. The van der Waals surface area contributed by atoms with Gasteiger partial charge in [-0.05, 0) is 70.3 Å². The number of nitrogens with zero attached hydrogens (tertiary/aromatic N) is 3. The van der Waals surface area contributed by atoms with E-state index >= 15 is 0 Å². The molecular formula is C23H31FN4O2. The van der Waals surface area contributed by atoms with Crippen molar-refractivity contribution in [2.75, 3.05) is 26.2 Å².